The number of benzene rings is 1. The fourth-order valence-corrected chi connectivity index (χ4v) is 1.75. The van der Waals surface area contributed by atoms with E-state index in [0.29, 0.717) is 15.6 Å². The molecule has 1 aromatic carbocycles. The van der Waals surface area contributed by atoms with E-state index in [1.807, 2.05) is 0 Å². The third kappa shape index (κ3) is 2.25. The van der Waals surface area contributed by atoms with Crippen molar-refractivity contribution in [1.82, 2.24) is 5.32 Å². The summed E-state index contributed by atoms with van der Waals surface area (Å²) in [4.78, 5) is 11.4. The normalized spacial score (nSPS) is 14.7. The van der Waals surface area contributed by atoms with E-state index in [2.05, 4.69) is 5.32 Å². The van der Waals surface area contributed by atoms with Crippen molar-refractivity contribution >= 4 is 29.1 Å². The molecule has 15 heavy (non-hydrogen) atoms. The highest BCUT2D eigenvalue weighted by molar-refractivity contribution is 6.34. The summed E-state index contributed by atoms with van der Waals surface area (Å²) < 4.78 is 0. The molecular weight excluding hydrogens is 235 g/mol. The molecule has 0 saturated carbocycles. The van der Waals surface area contributed by atoms with Gasteiger partial charge in [-0.2, -0.15) is 0 Å². The van der Waals surface area contributed by atoms with Crippen LogP contribution in [0.25, 0.3) is 0 Å². The number of likely N-dealkylation sites (N-methyl/N-ethyl adjacent to an activating group) is 1. The Morgan fingerprint density at radius 2 is 2.07 bits per heavy atom. The maximum Gasteiger partial charge on any atom is 0.242 e. The molecule has 3 nitrogen and oxygen atoms in total. The lowest BCUT2D eigenvalue weighted by atomic mass is 9.91. The molecule has 0 heterocycles. The monoisotopic (exact) mass is 246 g/mol. The van der Waals surface area contributed by atoms with Crippen LogP contribution in [0.4, 0.5) is 0 Å². The van der Waals surface area contributed by atoms with Crippen LogP contribution in [0, 0.1) is 0 Å². The van der Waals surface area contributed by atoms with Crippen LogP contribution in [0.15, 0.2) is 18.2 Å². The molecule has 0 radical (unpaired) electrons. The number of rotatable bonds is 3. The van der Waals surface area contributed by atoms with Crippen LogP contribution < -0.4 is 11.1 Å². The first-order valence-electron chi connectivity index (χ1n) is 4.36. The molecule has 1 amide bonds. The van der Waals surface area contributed by atoms with Crippen molar-refractivity contribution in [2.45, 2.75) is 12.5 Å². The minimum atomic E-state index is -1.01. The summed E-state index contributed by atoms with van der Waals surface area (Å²) in [6, 6.07) is 4.92. The van der Waals surface area contributed by atoms with Gasteiger partial charge in [0.15, 0.2) is 0 Å². The highest BCUT2D eigenvalue weighted by atomic mass is 35.5. The third-order valence-corrected chi connectivity index (χ3v) is 3.02. The molecule has 1 atom stereocenters. The van der Waals surface area contributed by atoms with Crippen molar-refractivity contribution < 1.29 is 4.79 Å². The lowest BCUT2D eigenvalue weighted by molar-refractivity contribution is -0.123. The van der Waals surface area contributed by atoms with Crippen LogP contribution >= 0.6 is 23.2 Å². The molecular formula is C10H12Cl2N2O. The first-order chi connectivity index (χ1) is 6.91. The molecule has 3 N–H and O–H groups in total. The molecule has 0 bridgehead atoms. The Hall–Kier alpha value is -0.770. The maximum atomic E-state index is 11.4. The van der Waals surface area contributed by atoms with Gasteiger partial charge in [0.2, 0.25) is 5.91 Å². The van der Waals surface area contributed by atoms with Crippen molar-refractivity contribution in [1.29, 1.82) is 0 Å². The van der Waals surface area contributed by atoms with Crippen LogP contribution in [-0.2, 0) is 10.3 Å². The second-order valence-corrected chi connectivity index (χ2v) is 4.21. The quantitative estimate of drug-likeness (QED) is 0.857. The van der Waals surface area contributed by atoms with E-state index in [9.17, 15) is 4.79 Å². The molecule has 82 valence electrons. The van der Waals surface area contributed by atoms with Gasteiger partial charge in [-0.05, 0) is 32.2 Å². The van der Waals surface area contributed by atoms with Gasteiger partial charge in [-0.25, -0.2) is 0 Å². The molecule has 0 aliphatic heterocycles. The van der Waals surface area contributed by atoms with Crippen LogP contribution in [0.2, 0.25) is 10.0 Å². The zero-order chi connectivity index (χ0) is 11.6. The van der Waals surface area contributed by atoms with Crippen LogP contribution in [0.3, 0.4) is 0 Å². The SMILES string of the molecule is CNC(C)(C(N)=O)c1cc(Cl)ccc1Cl. The minimum Gasteiger partial charge on any atom is -0.368 e. The first kappa shape index (κ1) is 12.3. The summed E-state index contributed by atoms with van der Waals surface area (Å²) in [5.41, 5.74) is 4.89. The summed E-state index contributed by atoms with van der Waals surface area (Å²) in [6.45, 7) is 1.66. The highest BCUT2D eigenvalue weighted by Gasteiger charge is 2.33. The van der Waals surface area contributed by atoms with Crippen molar-refractivity contribution in [3.05, 3.63) is 33.8 Å². The fraction of sp³-hybridized carbons (Fsp3) is 0.300. The predicted molar refractivity (Wildman–Crippen MR) is 62.1 cm³/mol. The van der Waals surface area contributed by atoms with Crippen molar-refractivity contribution in [2.75, 3.05) is 7.05 Å². The fourth-order valence-electron chi connectivity index (χ4n) is 1.27. The summed E-state index contributed by atoms with van der Waals surface area (Å²) in [5, 5.41) is 3.81. The molecule has 5 heteroatoms. The van der Waals surface area contributed by atoms with Crippen molar-refractivity contribution in [2.24, 2.45) is 5.73 Å². The second kappa shape index (κ2) is 4.39. The number of hydrogen-bond acceptors (Lipinski definition) is 2. The Morgan fingerprint density at radius 1 is 1.47 bits per heavy atom. The van der Waals surface area contributed by atoms with Crippen LogP contribution in [-0.4, -0.2) is 13.0 Å². The molecule has 1 unspecified atom stereocenters. The van der Waals surface area contributed by atoms with Gasteiger partial charge >= 0.3 is 0 Å². The molecule has 0 spiro atoms. The maximum absolute atomic E-state index is 11.4. The molecule has 1 aromatic rings. The summed E-state index contributed by atoms with van der Waals surface area (Å²) in [6.07, 6.45) is 0. The van der Waals surface area contributed by atoms with E-state index in [1.54, 1.807) is 32.2 Å². The molecule has 0 fully saturated rings. The number of nitrogens with one attached hydrogen (secondary N) is 1. The first-order valence-corrected chi connectivity index (χ1v) is 5.11. The van der Waals surface area contributed by atoms with Gasteiger partial charge in [0.25, 0.3) is 0 Å². The number of carbonyl (C=O) groups is 1. The summed E-state index contributed by atoms with van der Waals surface area (Å²) >= 11 is 11.8. The number of nitrogens with two attached hydrogens (primary N) is 1. The Balaban J connectivity index is 3.35. The number of primary amides is 1. The van der Waals surface area contributed by atoms with Crippen LogP contribution in [0.1, 0.15) is 12.5 Å². The Bertz CT molecular complexity index is 395. The van der Waals surface area contributed by atoms with E-state index in [4.69, 9.17) is 28.9 Å². The van der Waals surface area contributed by atoms with Gasteiger partial charge in [-0.15, -0.1) is 0 Å². The topological polar surface area (TPSA) is 55.1 Å². The predicted octanol–water partition coefficient (Wildman–Crippen LogP) is 1.91. The molecule has 1 rings (SSSR count). The Labute approximate surface area is 98.5 Å². The zero-order valence-corrected chi connectivity index (χ0v) is 9.99. The summed E-state index contributed by atoms with van der Waals surface area (Å²) in [5.74, 6) is -0.505. The van der Waals surface area contributed by atoms with Gasteiger partial charge < -0.3 is 11.1 Å². The van der Waals surface area contributed by atoms with E-state index in [-0.39, 0.29) is 0 Å². The molecule has 0 aliphatic carbocycles. The van der Waals surface area contributed by atoms with Crippen molar-refractivity contribution in [3.8, 4) is 0 Å². The van der Waals surface area contributed by atoms with Crippen molar-refractivity contribution in [3.63, 3.8) is 0 Å². The van der Waals surface area contributed by atoms with Gasteiger partial charge in [0, 0.05) is 15.6 Å². The number of carbonyl (C=O) groups excluding carboxylic acids is 1. The smallest absolute Gasteiger partial charge is 0.242 e. The van der Waals surface area contributed by atoms with Gasteiger partial charge in [-0.3, -0.25) is 4.79 Å². The van der Waals surface area contributed by atoms with Crippen LogP contribution in [0.5, 0.6) is 0 Å². The van der Waals surface area contributed by atoms with E-state index < -0.39 is 11.4 Å². The second-order valence-electron chi connectivity index (χ2n) is 3.36. The summed E-state index contributed by atoms with van der Waals surface area (Å²) in [7, 11) is 1.64. The Kier molecular flexibility index (Phi) is 3.60. The average Bonchev–Trinajstić information content (AvgIpc) is 2.20. The minimum absolute atomic E-state index is 0.454. The number of halogens is 2. The number of amides is 1. The third-order valence-electron chi connectivity index (χ3n) is 2.46. The standard InChI is InChI=1S/C10H12Cl2N2O/c1-10(14-2,9(13)15)7-5-6(11)3-4-8(7)12/h3-5,14H,1-2H3,(H2,13,15). The lowest BCUT2D eigenvalue weighted by Crippen LogP contribution is -2.48. The lowest BCUT2D eigenvalue weighted by Gasteiger charge is -2.27. The zero-order valence-electron chi connectivity index (χ0n) is 8.47. The average molecular weight is 247 g/mol. The van der Waals surface area contributed by atoms with Gasteiger partial charge in [0.05, 0.1) is 0 Å². The van der Waals surface area contributed by atoms with Gasteiger partial charge in [-0.1, -0.05) is 23.2 Å². The highest BCUT2D eigenvalue weighted by Crippen LogP contribution is 2.30. The number of hydrogen-bond donors (Lipinski definition) is 2. The van der Waals surface area contributed by atoms with Gasteiger partial charge in [0.1, 0.15) is 5.54 Å². The van der Waals surface area contributed by atoms with E-state index in [1.165, 1.54) is 0 Å². The van der Waals surface area contributed by atoms with E-state index in [0.717, 1.165) is 0 Å². The van der Waals surface area contributed by atoms with E-state index >= 15 is 0 Å². The Morgan fingerprint density at radius 3 is 2.53 bits per heavy atom. The molecule has 0 saturated heterocycles. The molecule has 0 aliphatic rings. The largest absolute Gasteiger partial charge is 0.368 e. The molecule has 0 aromatic heterocycles.